The molecule has 170 valence electrons. The number of aromatic nitrogens is 2. The molecule has 0 radical (unpaired) electrons. The first-order valence-electron chi connectivity index (χ1n) is 11.5. The summed E-state index contributed by atoms with van der Waals surface area (Å²) in [5.41, 5.74) is 0.928. The second-order valence-corrected chi connectivity index (χ2v) is 10.3. The number of thioether (sulfide) groups is 1. The minimum atomic E-state index is -0.156. The highest BCUT2D eigenvalue weighted by Gasteiger charge is 2.32. The van der Waals surface area contributed by atoms with Crippen LogP contribution in [0, 0.1) is 5.92 Å². The van der Waals surface area contributed by atoms with Crippen LogP contribution < -0.4 is 10.5 Å². The van der Waals surface area contributed by atoms with Gasteiger partial charge in [0.05, 0.1) is 10.5 Å². The molecule has 1 atom stereocenters. The number of rotatable bonds is 7. The number of nitrogens with zero attached hydrogens (tertiary/aromatic N) is 4. The summed E-state index contributed by atoms with van der Waals surface area (Å²) in [6, 6.07) is 5.55. The van der Waals surface area contributed by atoms with Crippen molar-refractivity contribution in [1.82, 2.24) is 14.3 Å². The summed E-state index contributed by atoms with van der Waals surface area (Å²) >= 11 is 6.77. The number of hydrogen-bond donors (Lipinski definition) is 0. The molecule has 1 unspecified atom stereocenters. The minimum Gasteiger partial charge on any atom is -0.356 e. The van der Waals surface area contributed by atoms with Gasteiger partial charge in [-0.05, 0) is 43.4 Å². The second-order valence-electron chi connectivity index (χ2n) is 8.67. The Morgan fingerprint density at radius 2 is 2.09 bits per heavy atom. The number of carbonyl (C=O) groups excluding carboxylic acids is 1. The minimum absolute atomic E-state index is 0.105. The molecule has 0 aromatic carbocycles. The van der Waals surface area contributed by atoms with Crippen LogP contribution in [0.3, 0.4) is 0 Å². The summed E-state index contributed by atoms with van der Waals surface area (Å²) in [6.45, 7) is 6.74. The summed E-state index contributed by atoms with van der Waals surface area (Å²) in [6.07, 6.45) is 10.0. The number of thiocarbonyl (C=S) groups is 1. The lowest BCUT2D eigenvalue weighted by Crippen LogP contribution is -2.37. The summed E-state index contributed by atoms with van der Waals surface area (Å²) in [5.74, 6) is 1.10. The van der Waals surface area contributed by atoms with Crippen LogP contribution in [0.2, 0.25) is 0 Å². The van der Waals surface area contributed by atoms with Crippen LogP contribution in [0.25, 0.3) is 11.7 Å². The number of hydrogen-bond acceptors (Lipinski definition) is 6. The van der Waals surface area contributed by atoms with Gasteiger partial charge < -0.3 is 4.90 Å². The van der Waals surface area contributed by atoms with Crippen molar-refractivity contribution in [2.45, 2.75) is 52.4 Å². The first-order chi connectivity index (χ1) is 15.5. The van der Waals surface area contributed by atoms with E-state index in [1.165, 1.54) is 18.2 Å². The molecule has 0 N–H and O–H groups in total. The van der Waals surface area contributed by atoms with Crippen molar-refractivity contribution in [2.24, 2.45) is 5.92 Å². The van der Waals surface area contributed by atoms with Crippen molar-refractivity contribution in [3.8, 4) is 0 Å². The average Bonchev–Trinajstić information content (AvgIpc) is 3.05. The van der Waals surface area contributed by atoms with Crippen molar-refractivity contribution in [3.05, 3.63) is 45.2 Å². The third kappa shape index (κ3) is 4.76. The molecule has 2 aromatic rings. The summed E-state index contributed by atoms with van der Waals surface area (Å²) in [4.78, 5) is 35.8. The number of fused-ring (bicyclic) bond motifs is 1. The van der Waals surface area contributed by atoms with Crippen LogP contribution in [0.4, 0.5) is 5.82 Å². The Balaban J connectivity index is 1.71. The summed E-state index contributed by atoms with van der Waals surface area (Å²) in [7, 11) is 0. The standard InChI is InChI=1S/C24H30N4O2S2/c1-3-4-5-7-14-28-23(30)19(32-24(28)31)15-18-21(26-12-9-10-17(2)16-26)25-20-11-6-8-13-27(20)22(18)29/h6,8,11,13,15,17H,3-5,7,9-10,12,14,16H2,1-2H3/b19-15+. The second kappa shape index (κ2) is 10.2. The normalized spacial score (nSPS) is 20.7. The molecule has 2 aromatic heterocycles. The number of anilines is 1. The van der Waals surface area contributed by atoms with Gasteiger partial charge in [0.15, 0.2) is 0 Å². The average molecular weight is 471 g/mol. The number of unbranched alkanes of at least 4 members (excludes halogenated alkanes) is 3. The van der Waals surface area contributed by atoms with E-state index in [1.807, 2.05) is 18.2 Å². The molecule has 4 rings (SSSR count). The Hall–Kier alpha value is -2.19. The lowest BCUT2D eigenvalue weighted by atomic mass is 10.00. The molecule has 2 aliphatic heterocycles. The smallest absolute Gasteiger partial charge is 0.267 e. The van der Waals surface area contributed by atoms with Crippen LogP contribution in [0.5, 0.6) is 0 Å². The highest BCUT2D eigenvalue weighted by atomic mass is 32.2. The fraction of sp³-hybridized carbons (Fsp3) is 0.500. The third-order valence-corrected chi connectivity index (χ3v) is 7.47. The van der Waals surface area contributed by atoms with Crippen molar-refractivity contribution in [1.29, 1.82) is 0 Å². The molecule has 2 aliphatic rings. The first-order valence-corrected chi connectivity index (χ1v) is 12.7. The lowest BCUT2D eigenvalue weighted by molar-refractivity contribution is -0.122. The quantitative estimate of drug-likeness (QED) is 0.332. The zero-order valence-corrected chi connectivity index (χ0v) is 20.4. The molecule has 0 spiro atoms. The van der Waals surface area contributed by atoms with Gasteiger partial charge in [0.25, 0.3) is 11.5 Å². The maximum Gasteiger partial charge on any atom is 0.267 e. The number of pyridine rings is 1. The maximum atomic E-state index is 13.5. The van der Waals surface area contributed by atoms with Gasteiger partial charge in [-0.2, -0.15) is 0 Å². The van der Waals surface area contributed by atoms with E-state index in [-0.39, 0.29) is 11.5 Å². The molecule has 32 heavy (non-hydrogen) atoms. The van der Waals surface area contributed by atoms with Gasteiger partial charge in [-0.1, -0.05) is 63.2 Å². The Bertz CT molecular complexity index is 1110. The van der Waals surface area contributed by atoms with Crippen LogP contribution in [-0.4, -0.2) is 44.1 Å². The van der Waals surface area contributed by atoms with Crippen molar-refractivity contribution >= 4 is 51.7 Å². The van der Waals surface area contributed by atoms with Crippen LogP contribution >= 0.6 is 24.0 Å². The van der Waals surface area contributed by atoms with Crippen molar-refractivity contribution in [2.75, 3.05) is 24.5 Å². The van der Waals surface area contributed by atoms with Crippen LogP contribution in [0.1, 0.15) is 57.9 Å². The molecule has 0 bridgehead atoms. The van der Waals surface area contributed by atoms with Crippen molar-refractivity contribution < 1.29 is 4.79 Å². The van der Waals surface area contributed by atoms with Gasteiger partial charge >= 0.3 is 0 Å². The SMILES string of the molecule is CCCCCCN1C(=O)/C(=C\c2c(N3CCCC(C)C3)nc3ccccn3c2=O)SC1=S. The molecule has 4 heterocycles. The summed E-state index contributed by atoms with van der Waals surface area (Å²) < 4.78 is 2.12. The molecule has 0 aliphatic carbocycles. The van der Waals surface area contributed by atoms with Gasteiger partial charge in [0.1, 0.15) is 15.8 Å². The largest absolute Gasteiger partial charge is 0.356 e. The van der Waals surface area contributed by atoms with E-state index < -0.39 is 0 Å². The topological polar surface area (TPSA) is 57.9 Å². The van der Waals surface area contributed by atoms with E-state index in [1.54, 1.807) is 21.6 Å². The zero-order chi connectivity index (χ0) is 22.7. The van der Waals surface area contributed by atoms with E-state index in [2.05, 4.69) is 18.7 Å². The van der Waals surface area contributed by atoms with E-state index in [0.717, 1.165) is 45.2 Å². The first kappa shape index (κ1) is 23.0. The van der Waals surface area contributed by atoms with E-state index in [0.29, 0.717) is 38.7 Å². The Morgan fingerprint density at radius 3 is 2.88 bits per heavy atom. The molecule has 6 nitrogen and oxygen atoms in total. The number of carbonyl (C=O) groups is 1. The highest BCUT2D eigenvalue weighted by Crippen LogP contribution is 2.34. The van der Waals surface area contributed by atoms with E-state index >= 15 is 0 Å². The van der Waals surface area contributed by atoms with Gasteiger partial charge in [-0.3, -0.25) is 18.9 Å². The summed E-state index contributed by atoms with van der Waals surface area (Å²) in [5, 5.41) is 0. The fourth-order valence-corrected chi connectivity index (χ4v) is 5.65. The van der Waals surface area contributed by atoms with Gasteiger partial charge in [-0.15, -0.1) is 0 Å². The third-order valence-electron chi connectivity index (χ3n) is 6.09. The maximum absolute atomic E-state index is 13.5. The fourth-order valence-electron chi connectivity index (χ4n) is 4.36. The highest BCUT2D eigenvalue weighted by molar-refractivity contribution is 8.26. The predicted octanol–water partition coefficient (Wildman–Crippen LogP) is 4.71. The molecular formula is C24H30N4O2S2. The molecule has 2 saturated heterocycles. The molecule has 8 heteroatoms. The lowest BCUT2D eigenvalue weighted by Gasteiger charge is -2.32. The van der Waals surface area contributed by atoms with Gasteiger partial charge in [-0.25, -0.2) is 4.98 Å². The van der Waals surface area contributed by atoms with E-state index in [4.69, 9.17) is 17.2 Å². The van der Waals surface area contributed by atoms with Crippen LogP contribution in [0.15, 0.2) is 34.1 Å². The van der Waals surface area contributed by atoms with Gasteiger partial charge in [0.2, 0.25) is 0 Å². The Morgan fingerprint density at radius 1 is 1.25 bits per heavy atom. The Kier molecular flexibility index (Phi) is 7.30. The molecule has 0 saturated carbocycles. The molecular weight excluding hydrogens is 440 g/mol. The van der Waals surface area contributed by atoms with Gasteiger partial charge in [0, 0.05) is 25.8 Å². The van der Waals surface area contributed by atoms with Crippen molar-refractivity contribution in [3.63, 3.8) is 0 Å². The van der Waals surface area contributed by atoms with Crippen LogP contribution in [-0.2, 0) is 4.79 Å². The number of amides is 1. The monoisotopic (exact) mass is 470 g/mol. The number of piperidine rings is 1. The predicted molar refractivity (Wildman–Crippen MR) is 136 cm³/mol. The Labute approximate surface area is 198 Å². The zero-order valence-electron chi connectivity index (χ0n) is 18.7. The molecule has 2 fully saturated rings. The van der Waals surface area contributed by atoms with E-state index in [9.17, 15) is 9.59 Å². The molecule has 1 amide bonds.